The molecule has 0 unspecified atom stereocenters. The van der Waals surface area contributed by atoms with E-state index in [1.165, 1.54) is 0 Å². The van der Waals surface area contributed by atoms with Gasteiger partial charge in [-0.2, -0.15) is 4.98 Å². The van der Waals surface area contributed by atoms with Gasteiger partial charge < -0.3 is 9.63 Å². The molecule has 112 valence electrons. The molecule has 1 aromatic carbocycles. The van der Waals surface area contributed by atoms with Crippen molar-refractivity contribution in [3.8, 4) is 11.4 Å². The van der Waals surface area contributed by atoms with Gasteiger partial charge in [0.05, 0.1) is 13.1 Å². The standard InChI is InChI=1S/C15H19N3O3/c1-3-11(2)18(10-14(19)20)9-13-16-15(17-21-13)12-7-5-4-6-8-12/h4-8,11H,3,9-10H2,1-2H3,(H,19,20)/t11-/m1/s1. The Morgan fingerprint density at radius 3 is 2.71 bits per heavy atom. The maximum atomic E-state index is 10.9. The molecule has 0 aliphatic carbocycles. The summed E-state index contributed by atoms with van der Waals surface area (Å²) in [7, 11) is 0. The second-order valence-corrected chi connectivity index (χ2v) is 4.93. The van der Waals surface area contributed by atoms with Crippen LogP contribution in [-0.4, -0.2) is 38.7 Å². The molecular weight excluding hydrogens is 270 g/mol. The lowest BCUT2D eigenvalue weighted by Gasteiger charge is -2.24. The van der Waals surface area contributed by atoms with E-state index < -0.39 is 5.97 Å². The van der Waals surface area contributed by atoms with E-state index in [4.69, 9.17) is 9.63 Å². The third kappa shape index (κ3) is 4.13. The molecule has 1 heterocycles. The van der Waals surface area contributed by atoms with E-state index in [9.17, 15) is 4.79 Å². The predicted molar refractivity (Wildman–Crippen MR) is 77.5 cm³/mol. The second kappa shape index (κ2) is 6.99. The molecule has 0 saturated carbocycles. The molecule has 0 amide bonds. The van der Waals surface area contributed by atoms with Crippen molar-refractivity contribution in [2.75, 3.05) is 6.54 Å². The number of carboxylic acids is 1. The highest BCUT2D eigenvalue weighted by molar-refractivity contribution is 5.69. The van der Waals surface area contributed by atoms with Crippen molar-refractivity contribution in [1.29, 1.82) is 0 Å². The molecule has 1 N–H and O–H groups in total. The van der Waals surface area contributed by atoms with Gasteiger partial charge in [0.1, 0.15) is 0 Å². The minimum atomic E-state index is -0.863. The van der Waals surface area contributed by atoms with Gasteiger partial charge in [-0.25, -0.2) is 0 Å². The van der Waals surface area contributed by atoms with Gasteiger partial charge in [-0.15, -0.1) is 0 Å². The van der Waals surface area contributed by atoms with Crippen molar-refractivity contribution < 1.29 is 14.4 Å². The normalized spacial score (nSPS) is 12.5. The molecule has 0 saturated heterocycles. The van der Waals surface area contributed by atoms with Crippen LogP contribution in [-0.2, 0) is 11.3 Å². The summed E-state index contributed by atoms with van der Waals surface area (Å²) in [5.41, 5.74) is 0.876. The van der Waals surface area contributed by atoms with Crippen LogP contribution in [0.1, 0.15) is 26.2 Å². The third-order valence-corrected chi connectivity index (χ3v) is 3.39. The van der Waals surface area contributed by atoms with E-state index in [1.807, 2.05) is 49.1 Å². The van der Waals surface area contributed by atoms with Gasteiger partial charge in [0.25, 0.3) is 0 Å². The zero-order valence-corrected chi connectivity index (χ0v) is 12.2. The average molecular weight is 289 g/mol. The summed E-state index contributed by atoms with van der Waals surface area (Å²) in [4.78, 5) is 17.1. The Balaban J connectivity index is 2.11. The molecule has 1 aromatic heterocycles. The fourth-order valence-electron chi connectivity index (χ4n) is 2.00. The summed E-state index contributed by atoms with van der Waals surface area (Å²) < 4.78 is 5.23. The van der Waals surface area contributed by atoms with Crippen molar-refractivity contribution in [1.82, 2.24) is 15.0 Å². The van der Waals surface area contributed by atoms with Crippen molar-refractivity contribution in [3.05, 3.63) is 36.2 Å². The Labute approximate surface area is 123 Å². The van der Waals surface area contributed by atoms with Gasteiger partial charge in [-0.3, -0.25) is 9.69 Å². The molecule has 6 nitrogen and oxygen atoms in total. The Hall–Kier alpha value is -2.21. The fraction of sp³-hybridized carbons (Fsp3) is 0.400. The van der Waals surface area contributed by atoms with Crippen LogP contribution in [0.3, 0.4) is 0 Å². The van der Waals surface area contributed by atoms with Crippen LogP contribution in [0.25, 0.3) is 11.4 Å². The number of aliphatic carboxylic acids is 1. The minimum absolute atomic E-state index is 0.0436. The van der Waals surface area contributed by atoms with Crippen LogP contribution in [0.5, 0.6) is 0 Å². The number of hydrogen-bond acceptors (Lipinski definition) is 5. The fourth-order valence-corrected chi connectivity index (χ4v) is 2.00. The van der Waals surface area contributed by atoms with E-state index in [0.717, 1.165) is 12.0 Å². The summed E-state index contributed by atoms with van der Waals surface area (Å²) in [6, 6.07) is 9.66. The number of rotatable bonds is 7. The Kier molecular flexibility index (Phi) is 5.05. The van der Waals surface area contributed by atoms with Crippen molar-refractivity contribution in [2.24, 2.45) is 0 Å². The summed E-state index contributed by atoms with van der Waals surface area (Å²) in [6.07, 6.45) is 0.854. The highest BCUT2D eigenvalue weighted by atomic mass is 16.5. The molecule has 1 atom stereocenters. The molecular formula is C15H19N3O3. The van der Waals surface area contributed by atoms with Crippen LogP contribution in [0.15, 0.2) is 34.9 Å². The van der Waals surface area contributed by atoms with Gasteiger partial charge >= 0.3 is 5.97 Å². The van der Waals surface area contributed by atoms with Crippen LogP contribution in [0, 0.1) is 0 Å². The zero-order chi connectivity index (χ0) is 15.2. The summed E-state index contributed by atoms with van der Waals surface area (Å²) >= 11 is 0. The lowest BCUT2D eigenvalue weighted by atomic mass is 10.2. The summed E-state index contributed by atoms with van der Waals surface area (Å²) in [5, 5.41) is 12.9. The smallest absolute Gasteiger partial charge is 0.317 e. The highest BCUT2D eigenvalue weighted by Crippen LogP contribution is 2.16. The number of aromatic nitrogens is 2. The molecule has 0 radical (unpaired) electrons. The van der Waals surface area contributed by atoms with Crippen molar-refractivity contribution >= 4 is 5.97 Å². The molecule has 6 heteroatoms. The number of benzene rings is 1. The lowest BCUT2D eigenvalue weighted by Crippen LogP contribution is -2.36. The molecule has 21 heavy (non-hydrogen) atoms. The zero-order valence-electron chi connectivity index (χ0n) is 12.2. The molecule has 0 spiro atoms. The highest BCUT2D eigenvalue weighted by Gasteiger charge is 2.19. The maximum absolute atomic E-state index is 10.9. The van der Waals surface area contributed by atoms with E-state index in [-0.39, 0.29) is 12.6 Å². The molecule has 0 aliphatic rings. The summed E-state index contributed by atoms with van der Waals surface area (Å²) in [5.74, 6) is 0.0820. The van der Waals surface area contributed by atoms with Crippen LogP contribution >= 0.6 is 0 Å². The topological polar surface area (TPSA) is 79.5 Å². The van der Waals surface area contributed by atoms with E-state index in [2.05, 4.69) is 10.1 Å². The second-order valence-electron chi connectivity index (χ2n) is 4.93. The lowest BCUT2D eigenvalue weighted by molar-refractivity contribution is -0.139. The van der Waals surface area contributed by atoms with Gasteiger partial charge in [0, 0.05) is 11.6 Å². The average Bonchev–Trinajstić information content (AvgIpc) is 2.95. The number of nitrogens with zero attached hydrogens (tertiary/aromatic N) is 3. The van der Waals surface area contributed by atoms with E-state index >= 15 is 0 Å². The SMILES string of the molecule is CC[C@@H](C)N(CC(=O)O)Cc1nc(-c2ccccc2)no1. The first-order valence-electron chi connectivity index (χ1n) is 6.94. The maximum Gasteiger partial charge on any atom is 0.317 e. The molecule has 0 aliphatic heterocycles. The first-order valence-corrected chi connectivity index (χ1v) is 6.94. The van der Waals surface area contributed by atoms with Crippen LogP contribution < -0.4 is 0 Å². The molecule has 2 rings (SSSR count). The van der Waals surface area contributed by atoms with E-state index in [1.54, 1.807) is 0 Å². The predicted octanol–water partition coefficient (Wildman–Crippen LogP) is 2.42. The first-order chi connectivity index (χ1) is 10.1. The first kappa shape index (κ1) is 15.2. The molecule has 2 aromatic rings. The van der Waals surface area contributed by atoms with Gasteiger partial charge in [0.15, 0.2) is 0 Å². The van der Waals surface area contributed by atoms with Gasteiger partial charge in [-0.1, -0.05) is 42.4 Å². The quantitative estimate of drug-likeness (QED) is 0.843. The molecule has 0 fully saturated rings. The van der Waals surface area contributed by atoms with Crippen molar-refractivity contribution in [3.63, 3.8) is 0 Å². The minimum Gasteiger partial charge on any atom is -0.480 e. The number of carboxylic acid groups (broad SMARTS) is 1. The van der Waals surface area contributed by atoms with Crippen LogP contribution in [0.4, 0.5) is 0 Å². The largest absolute Gasteiger partial charge is 0.480 e. The third-order valence-electron chi connectivity index (χ3n) is 3.39. The number of carbonyl (C=O) groups is 1. The summed E-state index contributed by atoms with van der Waals surface area (Å²) in [6.45, 7) is 4.29. The monoisotopic (exact) mass is 289 g/mol. The molecule has 0 bridgehead atoms. The van der Waals surface area contributed by atoms with Crippen molar-refractivity contribution in [2.45, 2.75) is 32.9 Å². The van der Waals surface area contributed by atoms with Gasteiger partial charge in [0.2, 0.25) is 11.7 Å². The Bertz CT molecular complexity index is 583. The van der Waals surface area contributed by atoms with Gasteiger partial charge in [-0.05, 0) is 13.3 Å². The Morgan fingerprint density at radius 1 is 1.38 bits per heavy atom. The van der Waals surface area contributed by atoms with E-state index in [0.29, 0.717) is 18.3 Å². The number of hydrogen-bond donors (Lipinski definition) is 1. The van der Waals surface area contributed by atoms with Crippen LogP contribution in [0.2, 0.25) is 0 Å². The Morgan fingerprint density at radius 2 is 2.10 bits per heavy atom.